The van der Waals surface area contributed by atoms with Gasteiger partial charge in [0, 0.05) is 18.6 Å². The number of fused-ring (bicyclic) bond motifs is 1. The second kappa shape index (κ2) is 12.4. The molecular weight excluding hydrogens is 542 g/mol. The highest BCUT2D eigenvalue weighted by molar-refractivity contribution is 7.88. The second-order valence-electron chi connectivity index (χ2n) is 10.7. The largest absolute Gasteiger partial charge is 0.480 e. The van der Waals surface area contributed by atoms with Gasteiger partial charge in [-0.15, -0.1) is 0 Å². The van der Waals surface area contributed by atoms with Crippen LogP contribution in [-0.4, -0.2) is 96.0 Å². The Bertz CT molecular complexity index is 1250. The van der Waals surface area contributed by atoms with Crippen LogP contribution in [0.25, 0.3) is 0 Å². The zero-order valence-electron chi connectivity index (χ0n) is 22.0. The van der Waals surface area contributed by atoms with Gasteiger partial charge in [0.05, 0.1) is 12.3 Å². The number of Topliss-reactive ketones (excluding diaryl/α,β-unsaturated/α-hetero) is 1. The minimum Gasteiger partial charge on any atom is -0.480 e. The van der Waals surface area contributed by atoms with Crippen LogP contribution in [0.1, 0.15) is 44.1 Å². The molecule has 2 heterocycles. The average molecular weight is 578 g/mol. The SMILES string of the molecule is NC1CCC(C(NC(=O)[C@@H]2CC[C@H]3CN(S(=O)(=O)Cc4ccccc4)CC(=O)N32)C(=O)C(=O)NCC(=O)O)CC1. The van der Waals surface area contributed by atoms with Gasteiger partial charge in [-0.3, -0.25) is 24.0 Å². The van der Waals surface area contributed by atoms with E-state index < -0.39 is 70.7 Å². The Kier molecular flexibility index (Phi) is 9.21. The van der Waals surface area contributed by atoms with Crippen molar-refractivity contribution in [3.8, 4) is 0 Å². The normalized spacial score (nSPS) is 26.0. The van der Waals surface area contributed by atoms with E-state index in [9.17, 15) is 32.4 Å². The van der Waals surface area contributed by atoms with Crippen LogP contribution in [0.15, 0.2) is 30.3 Å². The third-order valence-electron chi connectivity index (χ3n) is 7.90. The van der Waals surface area contributed by atoms with E-state index in [2.05, 4.69) is 10.6 Å². The number of nitrogens with zero attached hydrogens (tertiary/aromatic N) is 2. The van der Waals surface area contributed by atoms with E-state index in [1.165, 1.54) is 4.90 Å². The van der Waals surface area contributed by atoms with Gasteiger partial charge in [0.15, 0.2) is 0 Å². The molecule has 13 nitrogen and oxygen atoms in total. The summed E-state index contributed by atoms with van der Waals surface area (Å²) in [4.78, 5) is 64.3. The molecule has 40 heavy (non-hydrogen) atoms. The van der Waals surface area contributed by atoms with Crippen molar-refractivity contribution in [1.29, 1.82) is 0 Å². The highest BCUT2D eigenvalue weighted by Gasteiger charge is 2.48. The van der Waals surface area contributed by atoms with Crippen molar-refractivity contribution in [2.45, 2.75) is 68.4 Å². The predicted octanol–water partition coefficient (Wildman–Crippen LogP) is -1.04. The van der Waals surface area contributed by atoms with Crippen molar-refractivity contribution >= 4 is 39.5 Å². The maximum Gasteiger partial charge on any atom is 0.322 e. The third-order valence-corrected chi connectivity index (χ3v) is 9.66. The maximum atomic E-state index is 13.4. The molecule has 3 amide bonds. The van der Waals surface area contributed by atoms with Gasteiger partial charge in [-0.25, -0.2) is 8.42 Å². The Labute approximate surface area is 232 Å². The number of sulfonamides is 1. The fourth-order valence-electron chi connectivity index (χ4n) is 5.83. The molecule has 2 saturated heterocycles. The van der Waals surface area contributed by atoms with E-state index in [1.54, 1.807) is 30.3 Å². The second-order valence-corrected chi connectivity index (χ2v) is 12.7. The van der Waals surface area contributed by atoms with Crippen molar-refractivity contribution in [2.24, 2.45) is 11.7 Å². The number of piperazine rings is 1. The zero-order chi connectivity index (χ0) is 29.0. The zero-order valence-corrected chi connectivity index (χ0v) is 22.8. The molecule has 0 bridgehead atoms. The summed E-state index contributed by atoms with van der Waals surface area (Å²) in [5.41, 5.74) is 6.58. The molecule has 0 aromatic heterocycles. The van der Waals surface area contributed by atoms with Gasteiger partial charge >= 0.3 is 5.97 Å². The first-order chi connectivity index (χ1) is 19.0. The van der Waals surface area contributed by atoms with Crippen molar-refractivity contribution in [3.63, 3.8) is 0 Å². The highest BCUT2D eigenvalue weighted by atomic mass is 32.2. The van der Waals surface area contributed by atoms with Crippen LogP contribution in [0.3, 0.4) is 0 Å². The number of amides is 3. The van der Waals surface area contributed by atoms with E-state index >= 15 is 0 Å². The first-order valence-electron chi connectivity index (χ1n) is 13.4. The molecule has 5 N–H and O–H groups in total. The van der Waals surface area contributed by atoms with Crippen molar-refractivity contribution < 1.29 is 37.5 Å². The molecule has 14 heteroatoms. The minimum atomic E-state index is -3.77. The summed E-state index contributed by atoms with van der Waals surface area (Å²) < 4.78 is 27.2. The number of aliphatic carboxylic acids is 1. The van der Waals surface area contributed by atoms with Crippen molar-refractivity contribution in [1.82, 2.24) is 19.8 Å². The quantitative estimate of drug-likeness (QED) is 0.251. The summed E-state index contributed by atoms with van der Waals surface area (Å²) in [6.07, 6.45) is 2.87. The van der Waals surface area contributed by atoms with Crippen LogP contribution in [0, 0.1) is 5.92 Å². The lowest BCUT2D eigenvalue weighted by atomic mass is 9.80. The Hall–Kier alpha value is -3.36. The molecule has 3 aliphatic rings. The van der Waals surface area contributed by atoms with Crippen LogP contribution in [-0.2, 0) is 39.7 Å². The third kappa shape index (κ3) is 6.85. The molecule has 3 fully saturated rings. The average Bonchev–Trinajstić information content (AvgIpc) is 3.36. The van der Waals surface area contributed by atoms with Crippen LogP contribution in [0.5, 0.6) is 0 Å². The number of hydrogen-bond acceptors (Lipinski definition) is 8. The lowest BCUT2D eigenvalue weighted by Gasteiger charge is -2.39. The topological polar surface area (TPSA) is 196 Å². The molecular formula is C26H35N5O8S. The minimum absolute atomic E-state index is 0.0498. The molecule has 1 unspecified atom stereocenters. The van der Waals surface area contributed by atoms with E-state index in [1.807, 2.05) is 0 Å². The molecule has 3 atom stereocenters. The summed E-state index contributed by atoms with van der Waals surface area (Å²) in [5, 5.41) is 13.6. The number of benzene rings is 1. The fraction of sp³-hybridized carbons (Fsp3) is 0.577. The smallest absolute Gasteiger partial charge is 0.322 e. The lowest BCUT2D eigenvalue weighted by molar-refractivity contribution is -0.146. The molecule has 1 aliphatic carbocycles. The summed E-state index contributed by atoms with van der Waals surface area (Å²) >= 11 is 0. The molecule has 1 aromatic rings. The number of carbonyl (C=O) groups is 5. The number of carboxylic acid groups (broad SMARTS) is 1. The summed E-state index contributed by atoms with van der Waals surface area (Å²) in [6, 6.07) is 6.00. The predicted molar refractivity (Wildman–Crippen MR) is 142 cm³/mol. The number of nitrogens with one attached hydrogen (secondary N) is 2. The number of rotatable bonds is 10. The first kappa shape index (κ1) is 29.6. The molecule has 218 valence electrons. The van der Waals surface area contributed by atoms with E-state index in [-0.39, 0.29) is 30.7 Å². The van der Waals surface area contributed by atoms with Crippen molar-refractivity contribution in [3.05, 3.63) is 35.9 Å². The fourth-order valence-corrected chi connectivity index (χ4v) is 7.33. The summed E-state index contributed by atoms with van der Waals surface area (Å²) in [5.74, 6) is -5.10. The van der Waals surface area contributed by atoms with Gasteiger partial charge in [0.2, 0.25) is 27.6 Å². The van der Waals surface area contributed by atoms with Gasteiger partial charge in [0.1, 0.15) is 18.6 Å². The van der Waals surface area contributed by atoms with Crippen LogP contribution in [0.4, 0.5) is 0 Å². The molecule has 1 saturated carbocycles. The Morgan fingerprint density at radius 3 is 2.35 bits per heavy atom. The Morgan fingerprint density at radius 2 is 1.70 bits per heavy atom. The first-order valence-corrected chi connectivity index (χ1v) is 15.0. The number of carbonyl (C=O) groups excluding carboxylic acids is 4. The standard InChI is InChI=1S/C26H35N5O8S/c27-18-8-6-17(7-9-18)23(24(35)26(37)28-12-22(33)34)29-25(36)20-11-10-19-13-30(14-21(32)31(19)20)40(38,39)15-16-4-2-1-3-5-16/h1-5,17-20,23H,6-15,27H2,(H,28,37)(H,29,36)(H,33,34)/t17?,18?,19-,20-,23?/m0/s1. The van der Waals surface area contributed by atoms with Gasteiger partial charge in [-0.05, 0) is 50.0 Å². The molecule has 2 aliphatic heterocycles. The van der Waals surface area contributed by atoms with Crippen LogP contribution in [0.2, 0.25) is 0 Å². The van der Waals surface area contributed by atoms with Crippen LogP contribution >= 0.6 is 0 Å². The summed E-state index contributed by atoms with van der Waals surface area (Å²) in [6.45, 7) is -1.07. The molecule has 0 spiro atoms. The van der Waals surface area contributed by atoms with Crippen molar-refractivity contribution in [2.75, 3.05) is 19.6 Å². The van der Waals surface area contributed by atoms with Gasteiger partial charge in [-0.2, -0.15) is 4.31 Å². The molecule has 4 rings (SSSR count). The number of nitrogens with two attached hydrogens (primary N) is 1. The highest BCUT2D eigenvalue weighted by Crippen LogP contribution is 2.31. The molecule has 1 aromatic carbocycles. The van der Waals surface area contributed by atoms with E-state index in [0.29, 0.717) is 37.7 Å². The van der Waals surface area contributed by atoms with Gasteiger partial charge in [-0.1, -0.05) is 30.3 Å². The van der Waals surface area contributed by atoms with Gasteiger partial charge < -0.3 is 26.4 Å². The van der Waals surface area contributed by atoms with E-state index in [4.69, 9.17) is 10.8 Å². The number of hydrogen-bond donors (Lipinski definition) is 4. The Balaban J connectivity index is 1.44. The van der Waals surface area contributed by atoms with E-state index in [0.717, 1.165) is 4.31 Å². The number of carboxylic acids is 1. The summed E-state index contributed by atoms with van der Waals surface area (Å²) in [7, 11) is -3.77. The van der Waals surface area contributed by atoms with Gasteiger partial charge in [0.25, 0.3) is 5.91 Å². The molecule has 0 radical (unpaired) electrons. The van der Waals surface area contributed by atoms with Crippen LogP contribution < -0.4 is 16.4 Å². The Morgan fingerprint density at radius 1 is 1.02 bits per heavy atom. The lowest BCUT2D eigenvalue weighted by Crippen LogP contribution is -2.61. The maximum absolute atomic E-state index is 13.4. The number of ketones is 1. The monoisotopic (exact) mass is 577 g/mol.